The van der Waals surface area contributed by atoms with Crippen LogP contribution in [-0.4, -0.2) is 14.2 Å². The van der Waals surface area contributed by atoms with Crippen LogP contribution in [0.15, 0.2) is 42.5 Å². The lowest BCUT2D eigenvalue weighted by molar-refractivity contribution is 0.415. The third-order valence-corrected chi connectivity index (χ3v) is 3.30. The monoisotopic (exact) mass is 274 g/mol. The van der Waals surface area contributed by atoms with Crippen LogP contribution in [0.2, 0.25) is 0 Å². The Balaban J connectivity index is 2.16. The summed E-state index contributed by atoms with van der Waals surface area (Å²) in [5.41, 5.74) is 7.72. The molecule has 3 nitrogen and oxygen atoms in total. The minimum Gasteiger partial charge on any atom is -0.497 e. The molecule has 0 unspecified atom stereocenters. The van der Waals surface area contributed by atoms with Gasteiger partial charge in [-0.25, -0.2) is 4.39 Å². The molecular formula is C16H19FN2O. The zero-order valence-corrected chi connectivity index (χ0v) is 11.8. The molecule has 106 valence electrons. The van der Waals surface area contributed by atoms with Gasteiger partial charge in [0.2, 0.25) is 0 Å². The lowest BCUT2D eigenvalue weighted by Gasteiger charge is -2.20. The maximum Gasteiger partial charge on any atom is 0.132 e. The lowest BCUT2D eigenvalue weighted by atomic mass is 10.1. The summed E-state index contributed by atoms with van der Waals surface area (Å²) >= 11 is 0. The number of hydrogen-bond donors (Lipinski definition) is 1. The molecule has 0 fully saturated rings. The molecule has 0 saturated carbocycles. The summed E-state index contributed by atoms with van der Waals surface area (Å²) < 4.78 is 19.3. The Kier molecular flexibility index (Phi) is 4.58. The van der Waals surface area contributed by atoms with E-state index in [1.165, 1.54) is 0 Å². The highest BCUT2D eigenvalue weighted by atomic mass is 19.1. The van der Waals surface area contributed by atoms with Gasteiger partial charge in [0, 0.05) is 37.0 Å². The number of rotatable bonds is 5. The van der Waals surface area contributed by atoms with Gasteiger partial charge in [-0.2, -0.15) is 0 Å². The predicted molar refractivity (Wildman–Crippen MR) is 79.4 cm³/mol. The van der Waals surface area contributed by atoms with Crippen LogP contribution < -0.4 is 15.4 Å². The number of nitrogens with two attached hydrogens (primary N) is 1. The summed E-state index contributed by atoms with van der Waals surface area (Å²) in [4.78, 5) is 1.98. The molecule has 2 N–H and O–H groups in total. The maximum atomic E-state index is 14.1. The Hall–Kier alpha value is -2.07. The Morgan fingerprint density at radius 1 is 1.10 bits per heavy atom. The molecule has 0 atom stereocenters. The average molecular weight is 274 g/mol. The van der Waals surface area contributed by atoms with Gasteiger partial charge in [-0.15, -0.1) is 0 Å². The number of ether oxygens (including phenoxy) is 1. The van der Waals surface area contributed by atoms with Gasteiger partial charge >= 0.3 is 0 Å². The summed E-state index contributed by atoms with van der Waals surface area (Å²) in [6.07, 6.45) is 0. The number of halogens is 1. The second-order valence-electron chi connectivity index (χ2n) is 4.65. The van der Waals surface area contributed by atoms with E-state index in [-0.39, 0.29) is 12.4 Å². The van der Waals surface area contributed by atoms with E-state index in [9.17, 15) is 4.39 Å². The Morgan fingerprint density at radius 3 is 2.35 bits per heavy atom. The fraction of sp³-hybridized carbons (Fsp3) is 0.250. The fourth-order valence-electron chi connectivity index (χ4n) is 2.10. The molecule has 0 heterocycles. The molecule has 4 heteroatoms. The topological polar surface area (TPSA) is 38.5 Å². The van der Waals surface area contributed by atoms with Gasteiger partial charge in [-0.3, -0.25) is 0 Å². The number of benzene rings is 2. The van der Waals surface area contributed by atoms with Crippen LogP contribution in [-0.2, 0) is 13.1 Å². The first kappa shape index (κ1) is 14.3. The second kappa shape index (κ2) is 6.39. The van der Waals surface area contributed by atoms with Crippen LogP contribution >= 0.6 is 0 Å². The molecule has 0 aliphatic carbocycles. The van der Waals surface area contributed by atoms with Crippen LogP contribution in [0.25, 0.3) is 0 Å². The first-order chi connectivity index (χ1) is 9.65. The Labute approximate surface area is 118 Å². The molecule has 0 amide bonds. The van der Waals surface area contributed by atoms with E-state index in [4.69, 9.17) is 10.5 Å². The molecule has 2 aromatic rings. The third-order valence-electron chi connectivity index (χ3n) is 3.30. The third kappa shape index (κ3) is 3.08. The van der Waals surface area contributed by atoms with Crippen molar-refractivity contribution in [2.45, 2.75) is 13.1 Å². The molecule has 0 saturated heterocycles. The molecule has 0 bridgehead atoms. The second-order valence-corrected chi connectivity index (χ2v) is 4.65. The van der Waals surface area contributed by atoms with E-state index >= 15 is 0 Å². The van der Waals surface area contributed by atoms with Crippen molar-refractivity contribution < 1.29 is 9.13 Å². The van der Waals surface area contributed by atoms with Crippen LogP contribution in [0, 0.1) is 5.82 Å². The van der Waals surface area contributed by atoms with Crippen molar-refractivity contribution in [3.63, 3.8) is 0 Å². The smallest absolute Gasteiger partial charge is 0.132 e. The number of hydrogen-bond acceptors (Lipinski definition) is 3. The molecule has 0 radical (unpaired) electrons. The predicted octanol–water partition coefficient (Wildman–Crippen LogP) is 2.93. The van der Waals surface area contributed by atoms with Gasteiger partial charge in [0.25, 0.3) is 0 Å². The van der Waals surface area contributed by atoms with E-state index < -0.39 is 0 Å². The fourth-order valence-corrected chi connectivity index (χ4v) is 2.10. The minimum absolute atomic E-state index is 0.213. The molecule has 2 aromatic carbocycles. The summed E-state index contributed by atoms with van der Waals surface area (Å²) in [6.45, 7) is 0.706. The molecule has 20 heavy (non-hydrogen) atoms. The first-order valence-corrected chi connectivity index (χ1v) is 6.47. The summed E-state index contributed by atoms with van der Waals surface area (Å²) in [5, 5.41) is 0. The van der Waals surface area contributed by atoms with Crippen LogP contribution in [0.1, 0.15) is 11.1 Å². The van der Waals surface area contributed by atoms with E-state index in [1.807, 2.05) is 42.3 Å². The SMILES string of the molecule is COc1ccc(N(C)Cc2cccc(CN)c2F)cc1. The number of nitrogens with zero attached hydrogens (tertiary/aromatic N) is 1. The highest BCUT2D eigenvalue weighted by Crippen LogP contribution is 2.21. The number of methoxy groups -OCH3 is 1. The number of anilines is 1. The largest absolute Gasteiger partial charge is 0.497 e. The zero-order chi connectivity index (χ0) is 14.5. The highest BCUT2D eigenvalue weighted by molar-refractivity contribution is 5.49. The van der Waals surface area contributed by atoms with E-state index in [0.717, 1.165) is 11.4 Å². The maximum absolute atomic E-state index is 14.1. The summed E-state index contributed by atoms with van der Waals surface area (Å²) in [7, 11) is 3.56. The minimum atomic E-state index is -0.213. The van der Waals surface area contributed by atoms with Gasteiger partial charge in [0.05, 0.1) is 7.11 Å². The van der Waals surface area contributed by atoms with Crippen molar-refractivity contribution >= 4 is 5.69 Å². The van der Waals surface area contributed by atoms with Crippen molar-refractivity contribution in [3.05, 3.63) is 59.4 Å². The first-order valence-electron chi connectivity index (χ1n) is 6.47. The highest BCUT2D eigenvalue weighted by Gasteiger charge is 2.09. The van der Waals surface area contributed by atoms with Crippen molar-refractivity contribution in [2.75, 3.05) is 19.1 Å². The van der Waals surface area contributed by atoms with E-state index in [2.05, 4.69) is 0 Å². The zero-order valence-electron chi connectivity index (χ0n) is 11.8. The van der Waals surface area contributed by atoms with E-state index in [1.54, 1.807) is 19.2 Å². The summed E-state index contributed by atoms with van der Waals surface area (Å²) in [5.74, 6) is 0.592. The van der Waals surface area contributed by atoms with Gasteiger partial charge in [0.1, 0.15) is 11.6 Å². The van der Waals surface area contributed by atoms with Crippen molar-refractivity contribution in [2.24, 2.45) is 5.73 Å². The molecule has 0 aromatic heterocycles. The average Bonchev–Trinajstić information content (AvgIpc) is 2.49. The van der Waals surface area contributed by atoms with Crippen LogP contribution in [0.5, 0.6) is 5.75 Å². The molecule has 0 spiro atoms. The molecule has 2 rings (SSSR count). The van der Waals surface area contributed by atoms with Gasteiger partial charge in [-0.1, -0.05) is 18.2 Å². The van der Waals surface area contributed by atoms with Gasteiger partial charge < -0.3 is 15.4 Å². The van der Waals surface area contributed by atoms with Crippen LogP contribution in [0.4, 0.5) is 10.1 Å². The normalized spacial score (nSPS) is 10.4. The Morgan fingerprint density at radius 2 is 1.75 bits per heavy atom. The quantitative estimate of drug-likeness (QED) is 0.911. The summed E-state index contributed by atoms with van der Waals surface area (Å²) in [6, 6.07) is 13.0. The molecule has 0 aliphatic rings. The standard InChI is InChI=1S/C16H19FN2O/c1-19(14-6-8-15(20-2)9-7-14)11-13-5-3-4-12(10-18)16(13)17/h3-9H,10-11,18H2,1-2H3. The van der Waals surface area contributed by atoms with Gasteiger partial charge in [-0.05, 0) is 24.3 Å². The molecular weight excluding hydrogens is 255 g/mol. The van der Waals surface area contributed by atoms with Crippen molar-refractivity contribution in [3.8, 4) is 5.75 Å². The van der Waals surface area contributed by atoms with Crippen LogP contribution in [0.3, 0.4) is 0 Å². The van der Waals surface area contributed by atoms with E-state index in [0.29, 0.717) is 17.7 Å². The lowest BCUT2D eigenvalue weighted by Crippen LogP contribution is -2.18. The Bertz CT molecular complexity index is 569. The van der Waals surface area contributed by atoms with Crippen molar-refractivity contribution in [1.82, 2.24) is 0 Å². The molecule has 0 aliphatic heterocycles. The van der Waals surface area contributed by atoms with Gasteiger partial charge in [0.15, 0.2) is 0 Å². The van der Waals surface area contributed by atoms with Crippen molar-refractivity contribution in [1.29, 1.82) is 0 Å².